The molecule has 186 valence electrons. The Hall–Kier alpha value is -3.32. The summed E-state index contributed by atoms with van der Waals surface area (Å²) in [6, 6.07) is 6.06. The normalized spacial score (nSPS) is 20.9. The average Bonchev–Trinajstić information content (AvgIpc) is 3.59. The molecule has 3 N–H and O–H groups in total. The van der Waals surface area contributed by atoms with Gasteiger partial charge in [0.2, 0.25) is 0 Å². The predicted molar refractivity (Wildman–Crippen MR) is 125 cm³/mol. The van der Waals surface area contributed by atoms with Crippen LogP contribution in [0.4, 0.5) is 18.9 Å². The maximum Gasteiger partial charge on any atom is 0.434 e. The van der Waals surface area contributed by atoms with E-state index in [1.165, 1.54) is 25.3 Å². The van der Waals surface area contributed by atoms with Crippen LogP contribution < -0.4 is 20.7 Å². The molecule has 1 aliphatic carbocycles. The van der Waals surface area contributed by atoms with Gasteiger partial charge in [0.1, 0.15) is 5.75 Å². The number of aromatic nitrogens is 1. The number of carbonyl (C=O) groups is 1. The number of ether oxygens (including phenoxy) is 1. The molecule has 2 atom stereocenters. The number of hydrogen-bond acceptors (Lipinski definition) is 6. The Morgan fingerprint density at radius 2 is 2.09 bits per heavy atom. The van der Waals surface area contributed by atoms with Crippen LogP contribution in [0, 0.1) is 17.2 Å². The van der Waals surface area contributed by atoms with Gasteiger partial charge in [0.05, 0.1) is 30.0 Å². The summed E-state index contributed by atoms with van der Waals surface area (Å²) >= 11 is 0. The number of nitriles is 1. The lowest BCUT2D eigenvalue weighted by molar-refractivity contribution is -0.140. The van der Waals surface area contributed by atoms with Crippen LogP contribution in [0.1, 0.15) is 54.7 Å². The fraction of sp³-hybridized carbons (Fsp3) is 0.480. The Morgan fingerprint density at radius 1 is 1.37 bits per heavy atom. The third kappa shape index (κ3) is 5.20. The Morgan fingerprint density at radius 3 is 2.63 bits per heavy atom. The van der Waals surface area contributed by atoms with Crippen LogP contribution in [0.25, 0.3) is 11.1 Å². The standard InChI is InChI=1S/C25H28F3N5O2/c1-14(16-4-5-16)32-23(34)19-12-31-22(25(26,27)28)20(21(19)33-7-6-24(2,30)13-33)17-8-15(11-29)9-18(10-17)35-3/h8-10,12,14,16H,4-7,13,30H2,1-3H3,(H,32,34)/t14-,24-/m0/s1. The first-order valence-electron chi connectivity index (χ1n) is 11.5. The first-order chi connectivity index (χ1) is 16.4. The van der Waals surface area contributed by atoms with E-state index in [4.69, 9.17) is 10.5 Å². The molecule has 2 fully saturated rings. The lowest BCUT2D eigenvalue weighted by Crippen LogP contribution is -2.40. The van der Waals surface area contributed by atoms with E-state index in [2.05, 4.69) is 10.3 Å². The van der Waals surface area contributed by atoms with E-state index >= 15 is 0 Å². The number of rotatable bonds is 6. The topological polar surface area (TPSA) is 104 Å². The van der Waals surface area contributed by atoms with Crippen molar-refractivity contribution in [3.63, 3.8) is 0 Å². The molecular weight excluding hydrogens is 459 g/mol. The second kappa shape index (κ2) is 9.04. The van der Waals surface area contributed by atoms with Crippen LogP contribution in [0.3, 0.4) is 0 Å². The Balaban J connectivity index is 1.97. The molecule has 0 unspecified atom stereocenters. The maximum absolute atomic E-state index is 14.3. The fourth-order valence-corrected chi connectivity index (χ4v) is 4.58. The van der Waals surface area contributed by atoms with Gasteiger partial charge in [-0.25, -0.2) is 0 Å². The number of pyridine rings is 1. The molecule has 10 heteroatoms. The molecule has 1 aliphatic heterocycles. The van der Waals surface area contributed by atoms with Crippen LogP contribution in [-0.2, 0) is 6.18 Å². The fourth-order valence-electron chi connectivity index (χ4n) is 4.58. The highest BCUT2D eigenvalue weighted by atomic mass is 19.4. The van der Waals surface area contributed by atoms with Crippen molar-refractivity contribution < 1.29 is 22.7 Å². The second-order valence-electron chi connectivity index (χ2n) is 9.73. The molecule has 4 rings (SSSR count). The molecule has 1 saturated carbocycles. The highest BCUT2D eigenvalue weighted by Gasteiger charge is 2.41. The molecule has 0 radical (unpaired) electrons. The summed E-state index contributed by atoms with van der Waals surface area (Å²) in [5.74, 6) is 0.0938. The van der Waals surface area contributed by atoms with Crippen molar-refractivity contribution in [2.45, 2.75) is 50.9 Å². The van der Waals surface area contributed by atoms with Crippen molar-refractivity contribution in [3.05, 3.63) is 41.2 Å². The van der Waals surface area contributed by atoms with Crippen molar-refractivity contribution in [2.24, 2.45) is 11.7 Å². The van der Waals surface area contributed by atoms with Gasteiger partial charge < -0.3 is 20.7 Å². The second-order valence-corrected chi connectivity index (χ2v) is 9.73. The number of methoxy groups -OCH3 is 1. The summed E-state index contributed by atoms with van der Waals surface area (Å²) in [7, 11) is 1.37. The average molecular weight is 488 g/mol. The molecule has 0 spiro atoms. The molecule has 1 aromatic carbocycles. The van der Waals surface area contributed by atoms with Crippen LogP contribution in [0.2, 0.25) is 0 Å². The van der Waals surface area contributed by atoms with E-state index in [9.17, 15) is 23.2 Å². The Kier molecular flexibility index (Phi) is 6.40. The summed E-state index contributed by atoms with van der Waals surface area (Å²) in [5, 5.41) is 12.4. The number of halogens is 3. The van der Waals surface area contributed by atoms with E-state index < -0.39 is 23.3 Å². The highest BCUT2D eigenvalue weighted by molar-refractivity contribution is 6.04. The number of nitrogens with one attached hydrogen (secondary N) is 1. The van der Waals surface area contributed by atoms with Crippen LogP contribution in [0.15, 0.2) is 24.4 Å². The first kappa shape index (κ1) is 24.8. The van der Waals surface area contributed by atoms with E-state index in [1.807, 2.05) is 19.9 Å². The van der Waals surface area contributed by atoms with Crippen molar-refractivity contribution in [3.8, 4) is 22.9 Å². The SMILES string of the molecule is COc1cc(C#N)cc(-c2c(C(F)(F)F)ncc(C(=O)N[C@@H](C)C3CC3)c2N2CC[C@](C)(N)C2)c1. The summed E-state index contributed by atoms with van der Waals surface area (Å²) in [6.45, 7) is 4.35. The van der Waals surface area contributed by atoms with Crippen molar-refractivity contribution in [2.75, 3.05) is 25.1 Å². The largest absolute Gasteiger partial charge is 0.497 e. The number of benzene rings is 1. The van der Waals surface area contributed by atoms with Gasteiger partial charge in [0, 0.05) is 36.4 Å². The van der Waals surface area contributed by atoms with E-state index in [0.29, 0.717) is 18.9 Å². The minimum Gasteiger partial charge on any atom is -0.497 e. The van der Waals surface area contributed by atoms with Crippen molar-refractivity contribution in [1.29, 1.82) is 5.26 Å². The van der Waals surface area contributed by atoms with Crippen LogP contribution in [-0.4, -0.2) is 42.7 Å². The highest BCUT2D eigenvalue weighted by Crippen LogP contribution is 2.45. The summed E-state index contributed by atoms with van der Waals surface area (Å²) in [5.41, 5.74) is 4.65. The molecule has 2 aliphatic rings. The zero-order valence-electron chi connectivity index (χ0n) is 19.9. The Labute approximate surface area is 202 Å². The monoisotopic (exact) mass is 487 g/mol. The number of nitrogens with zero attached hydrogens (tertiary/aromatic N) is 3. The van der Waals surface area contributed by atoms with Gasteiger partial charge in [-0.1, -0.05) is 0 Å². The van der Waals surface area contributed by atoms with Gasteiger partial charge >= 0.3 is 6.18 Å². The molecule has 1 aromatic heterocycles. The molecule has 1 amide bonds. The molecule has 0 bridgehead atoms. The summed E-state index contributed by atoms with van der Waals surface area (Å²) in [6.07, 6.45) is -1.26. The minimum atomic E-state index is -4.80. The first-order valence-corrected chi connectivity index (χ1v) is 11.5. The van der Waals surface area contributed by atoms with E-state index in [-0.39, 0.29) is 46.3 Å². The molecule has 2 heterocycles. The third-order valence-corrected chi connectivity index (χ3v) is 6.63. The quantitative estimate of drug-likeness (QED) is 0.636. The number of alkyl halides is 3. The molecule has 2 aromatic rings. The lowest BCUT2D eigenvalue weighted by atomic mass is 9.95. The van der Waals surface area contributed by atoms with Crippen LogP contribution in [0.5, 0.6) is 5.75 Å². The number of hydrogen-bond donors (Lipinski definition) is 2. The number of amides is 1. The summed E-state index contributed by atoms with van der Waals surface area (Å²) in [4.78, 5) is 18.8. The van der Waals surface area contributed by atoms with Crippen molar-refractivity contribution in [1.82, 2.24) is 10.3 Å². The van der Waals surface area contributed by atoms with Gasteiger partial charge in [-0.05, 0) is 62.8 Å². The maximum atomic E-state index is 14.3. The predicted octanol–water partition coefficient (Wildman–Crippen LogP) is 4.10. The number of nitrogens with two attached hydrogens (primary N) is 1. The smallest absolute Gasteiger partial charge is 0.434 e. The van der Waals surface area contributed by atoms with Gasteiger partial charge in [-0.2, -0.15) is 18.4 Å². The molecule has 1 saturated heterocycles. The molecular formula is C25H28F3N5O2. The number of anilines is 1. The molecule has 7 nitrogen and oxygen atoms in total. The van der Waals surface area contributed by atoms with Gasteiger partial charge in [0.15, 0.2) is 5.69 Å². The van der Waals surface area contributed by atoms with Gasteiger partial charge in [-0.15, -0.1) is 0 Å². The molecule has 35 heavy (non-hydrogen) atoms. The number of carbonyl (C=O) groups excluding carboxylic acids is 1. The summed E-state index contributed by atoms with van der Waals surface area (Å²) < 4.78 is 48.1. The third-order valence-electron chi connectivity index (χ3n) is 6.63. The zero-order chi connectivity index (χ0) is 25.5. The van der Waals surface area contributed by atoms with Gasteiger partial charge in [-0.3, -0.25) is 9.78 Å². The van der Waals surface area contributed by atoms with E-state index in [1.54, 1.807) is 4.90 Å². The zero-order valence-corrected chi connectivity index (χ0v) is 19.9. The Bertz CT molecular complexity index is 1180. The van der Waals surface area contributed by atoms with Crippen LogP contribution >= 0.6 is 0 Å². The van der Waals surface area contributed by atoms with Gasteiger partial charge in [0.25, 0.3) is 5.91 Å². The minimum absolute atomic E-state index is 0.0412. The lowest BCUT2D eigenvalue weighted by Gasteiger charge is -2.28. The van der Waals surface area contributed by atoms with Crippen molar-refractivity contribution >= 4 is 11.6 Å². The van der Waals surface area contributed by atoms with E-state index in [0.717, 1.165) is 19.0 Å².